The monoisotopic (exact) mass is 272 g/mol. The van der Waals surface area contributed by atoms with Gasteiger partial charge in [-0.25, -0.2) is 0 Å². The van der Waals surface area contributed by atoms with Gasteiger partial charge in [0, 0.05) is 24.9 Å². The lowest BCUT2D eigenvalue weighted by Crippen LogP contribution is -2.44. The first-order chi connectivity index (χ1) is 8.58. The Bertz CT molecular complexity index is 221. The van der Waals surface area contributed by atoms with E-state index in [1.807, 2.05) is 11.8 Å². The van der Waals surface area contributed by atoms with Gasteiger partial charge in [0.1, 0.15) is 0 Å². The minimum absolute atomic E-state index is 0.733. The summed E-state index contributed by atoms with van der Waals surface area (Å²) in [6, 6.07) is 0.733. The second-order valence-corrected chi connectivity index (χ2v) is 7.21. The summed E-state index contributed by atoms with van der Waals surface area (Å²) in [6.45, 7) is 7.26. The van der Waals surface area contributed by atoms with Crippen LogP contribution in [0.25, 0.3) is 0 Å². The first-order valence-electron chi connectivity index (χ1n) is 7.43. The highest BCUT2D eigenvalue weighted by atomic mass is 32.2. The van der Waals surface area contributed by atoms with Crippen LogP contribution in [0.3, 0.4) is 0 Å². The van der Waals surface area contributed by atoms with E-state index in [2.05, 4.69) is 44.4 Å². The zero-order chi connectivity index (χ0) is 13.5. The molecule has 0 aromatic heterocycles. The molecule has 1 saturated carbocycles. The highest BCUT2D eigenvalue weighted by molar-refractivity contribution is 7.98. The van der Waals surface area contributed by atoms with E-state index in [-0.39, 0.29) is 0 Å². The van der Waals surface area contributed by atoms with Crippen LogP contribution in [-0.4, -0.2) is 50.1 Å². The van der Waals surface area contributed by atoms with Gasteiger partial charge in [-0.15, -0.1) is 0 Å². The number of hydrogen-bond acceptors (Lipinski definition) is 3. The molecule has 0 amide bonds. The van der Waals surface area contributed by atoms with Crippen molar-refractivity contribution >= 4 is 11.8 Å². The Balaban J connectivity index is 2.46. The molecule has 108 valence electrons. The van der Waals surface area contributed by atoms with E-state index in [0.29, 0.717) is 0 Å². The molecule has 0 spiro atoms. The standard InChI is InChI=1S/C15H32N2S/c1-12(2)13-6-7-15(16-3)14(10-13)11-17(4)8-9-18-5/h12-16H,6-11H2,1-5H3. The number of thioether (sulfide) groups is 1. The highest BCUT2D eigenvalue weighted by Gasteiger charge is 2.31. The topological polar surface area (TPSA) is 15.3 Å². The Kier molecular flexibility index (Phi) is 7.66. The molecule has 3 heteroatoms. The Morgan fingerprint density at radius 1 is 1.33 bits per heavy atom. The minimum atomic E-state index is 0.733. The molecule has 3 atom stereocenters. The zero-order valence-electron chi connectivity index (χ0n) is 12.9. The van der Waals surface area contributed by atoms with Gasteiger partial charge in [-0.1, -0.05) is 13.8 Å². The lowest BCUT2D eigenvalue weighted by Gasteiger charge is -2.39. The predicted molar refractivity (Wildman–Crippen MR) is 84.4 cm³/mol. The zero-order valence-corrected chi connectivity index (χ0v) is 13.7. The molecule has 1 fully saturated rings. The molecule has 1 aliphatic carbocycles. The van der Waals surface area contributed by atoms with Crippen LogP contribution in [0.2, 0.25) is 0 Å². The van der Waals surface area contributed by atoms with Gasteiger partial charge >= 0.3 is 0 Å². The van der Waals surface area contributed by atoms with E-state index in [0.717, 1.165) is 23.8 Å². The lowest BCUT2D eigenvalue weighted by molar-refractivity contribution is 0.139. The Morgan fingerprint density at radius 3 is 2.61 bits per heavy atom. The van der Waals surface area contributed by atoms with Crippen molar-refractivity contribution in [1.82, 2.24) is 10.2 Å². The van der Waals surface area contributed by atoms with Crippen molar-refractivity contribution in [3.63, 3.8) is 0 Å². The van der Waals surface area contributed by atoms with Crippen molar-refractivity contribution in [2.75, 3.05) is 39.2 Å². The fourth-order valence-corrected chi connectivity index (χ4v) is 3.72. The molecule has 2 nitrogen and oxygen atoms in total. The van der Waals surface area contributed by atoms with E-state index in [1.54, 1.807) is 0 Å². The molecule has 0 radical (unpaired) electrons. The molecular formula is C15H32N2S. The number of rotatable bonds is 7. The molecule has 1 rings (SSSR count). The van der Waals surface area contributed by atoms with E-state index in [1.165, 1.54) is 38.1 Å². The Labute approximate surface area is 118 Å². The molecule has 0 aromatic carbocycles. The normalized spacial score (nSPS) is 29.2. The number of nitrogens with zero attached hydrogens (tertiary/aromatic N) is 1. The van der Waals surface area contributed by atoms with Crippen molar-refractivity contribution in [1.29, 1.82) is 0 Å². The maximum atomic E-state index is 3.54. The highest BCUT2D eigenvalue weighted by Crippen LogP contribution is 2.34. The van der Waals surface area contributed by atoms with Crippen LogP contribution in [0, 0.1) is 17.8 Å². The molecular weight excluding hydrogens is 240 g/mol. The minimum Gasteiger partial charge on any atom is -0.317 e. The van der Waals surface area contributed by atoms with Crippen LogP contribution >= 0.6 is 11.8 Å². The van der Waals surface area contributed by atoms with Crippen molar-refractivity contribution < 1.29 is 0 Å². The van der Waals surface area contributed by atoms with Gasteiger partial charge < -0.3 is 10.2 Å². The maximum absolute atomic E-state index is 3.54. The largest absolute Gasteiger partial charge is 0.317 e. The Hall–Kier alpha value is 0.270. The lowest BCUT2D eigenvalue weighted by atomic mass is 9.73. The van der Waals surface area contributed by atoms with Crippen molar-refractivity contribution in [2.24, 2.45) is 17.8 Å². The van der Waals surface area contributed by atoms with Crippen LogP contribution in [0.15, 0.2) is 0 Å². The summed E-state index contributed by atoms with van der Waals surface area (Å²) < 4.78 is 0. The van der Waals surface area contributed by atoms with Crippen molar-refractivity contribution in [2.45, 2.75) is 39.2 Å². The van der Waals surface area contributed by atoms with Gasteiger partial charge in [0.15, 0.2) is 0 Å². The van der Waals surface area contributed by atoms with Crippen LogP contribution in [0.4, 0.5) is 0 Å². The molecule has 18 heavy (non-hydrogen) atoms. The molecule has 1 N–H and O–H groups in total. The third-order valence-corrected chi connectivity index (χ3v) is 5.15. The van der Waals surface area contributed by atoms with Gasteiger partial charge in [-0.3, -0.25) is 0 Å². The van der Waals surface area contributed by atoms with Crippen LogP contribution in [0.5, 0.6) is 0 Å². The third-order valence-electron chi connectivity index (χ3n) is 4.56. The Morgan fingerprint density at radius 2 is 2.06 bits per heavy atom. The third kappa shape index (κ3) is 5.10. The van der Waals surface area contributed by atoms with Crippen LogP contribution in [0.1, 0.15) is 33.1 Å². The molecule has 0 bridgehead atoms. The van der Waals surface area contributed by atoms with Crippen LogP contribution in [-0.2, 0) is 0 Å². The number of hydrogen-bond donors (Lipinski definition) is 1. The average molecular weight is 273 g/mol. The van der Waals surface area contributed by atoms with E-state index in [9.17, 15) is 0 Å². The summed E-state index contributed by atoms with van der Waals surface area (Å²) in [5.41, 5.74) is 0. The summed E-state index contributed by atoms with van der Waals surface area (Å²) in [7, 11) is 4.41. The van der Waals surface area contributed by atoms with Crippen molar-refractivity contribution in [3.05, 3.63) is 0 Å². The summed E-state index contributed by atoms with van der Waals surface area (Å²) >= 11 is 1.95. The van der Waals surface area contributed by atoms with Gasteiger partial charge in [-0.2, -0.15) is 11.8 Å². The van der Waals surface area contributed by atoms with E-state index >= 15 is 0 Å². The van der Waals surface area contributed by atoms with Gasteiger partial charge in [0.2, 0.25) is 0 Å². The molecule has 0 heterocycles. The van der Waals surface area contributed by atoms with Gasteiger partial charge in [0.25, 0.3) is 0 Å². The van der Waals surface area contributed by atoms with Crippen molar-refractivity contribution in [3.8, 4) is 0 Å². The van der Waals surface area contributed by atoms with E-state index < -0.39 is 0 Å². The smallest absolute Gasteiger partial charge is 0.0105 e. The average Bonchev–Trinajstić information content (AvgIpc) is 2.36. The van der Waals surface area contributed by atoms with Crippen LogP contribution < -0.4 is 5.32 Å². The maximum Gasteiger partial charge on any atom is 0.0105 e. The molecule has 1 aliphatic rings. The van der Waals surface area contributed by atoms with Gasteiger partial charge in [0.05, 0.1) is 0 Å². The fourth-order valence-electron chi connectivity index (χ4n) is 3.23. The molecule has 0 saturated heterocycles. The summed E-state index contributed by atoms with van der Waals surface area (Å²) in [5, 5.41) is 3.54. The molecule has 0 aliphatic heterocycles. The fraction of sp³-hybridized carbons (Fsp3) is 1.00. The quantitative estimate of drug-likeness (QED) is 0.767. The molecule has 0 aromatic rings. The first-order valence-corrected chi connectivity index (χ1v) is 8.82. The van der Waals surface area contributed by atoms with Gasteiger partial charge in [-0.05, 0) is 57.4 Å². The summed E-state index contributed by atoms with van der Waals surface area (Å²) in [5.74, 6) is 3.87. The number of nitrogens with one attached hydrogen (secondary N) is 1. The SMILES string of the molecule is CNC1CCC(C(C)C)CC1CN(C)CCSC. The summed E-state index contributed by atoms with van der Waals surface area (Å²) in [4.78, 5) is 2.52. The second-order valence-electron chi connectivity index (χ2n) is 6.23. The summed E-state index contributed by atoms with van der Waals surface area (Å²) in [6.07, 6.45) is 6.38. The second kappa shape index (κ2) is 8.44. The molecule has 3 unspecified atom stereocenters. The predicted octanol–water partition coefficient (Wildman–Crippen LogP) is 2.94. The first kappa shape index (κ1) is 16.3. The van der Waals surface area contributed by atoms with E-state index in [4.69, 9.17) is 0 Å².